The fourth-order valence-electron chi connectivity index (χ4n) is 1.95. The summed E-state index contributed by atoms with van der Waals surface area (Å²) < 4.78 is 0. The fourth-order valence-corrected chi connectivity index (χ4v) is 2.39. The molecule has 0 radical (unpaired) electrons. The number of alkyl halides is 1. The summed E-state index contributed by atoms with van der Waals surface area (Å²) in [5.41, 5.74) is 1.27. The van der Waals surface area contributed by atoms with Crippen LogP contribution in [0.5, 0.6) is 0 Å². The van der Waals surface area contributed by atoms with Gasteiger partial charge >= 0.3 is 0 Å². The van der Waals surface area contributed by atoms with Gasteiger partial charge in [-0.25, -0.2) is 4.98 Å². The van der Waals surface area contributed by atoms with Crippen molar-refractivity contribution in [1.82, 2.24) is 4.98 Å². The quantitative estimate of drug-likeness (QED) is 0.735. The summed E-state index contributed by atoms with van der Waals surface area (Å²) in [5.74, 6) is 2.43. The minimum absolute atomic E-state index is 0.652. The number of rotatable bonds is 6. The third-order valence-electron chi connectivity index (χ3n) is 2.48. The van der Waals surface area contributed by atoms with Gasteiger partial charge < -0.3 is 4.90 Å². The topological polar surface area (TPSA) is 16.1 Å². The van der Waals surface area contributed by atoms with E-state index in [2.05, 4.69) is 59.6 Å². The molecule has 0 aromatic carbocycles. The van der Waals surface area contributed by atoms with Crippen LogP contribution in [0.2, 0.25) is 0 Å². The van der Waals surface area contributed by atoms with Gasteiger partial charge in [-0.3, -0.25) is 0 Å². The van der Waals surface area contributed by atoms with Gasteiger partial charge in [-0.05, 0) is 17.9 Å². The first-order valence-electron chi connectivity index (χ1n) is 6.29. The first-order chi connectivity index (χ1) is 8.04. The molecule has 0 aliphatic carbocycles. The highest BCUT2D eigenvalue weighted by atomic mass is 79.9. The van der Waals surface area contributed by atoms with Crippen molar-refractivity contribution in [3.8, 4) is 0 Å². The lowest BCUT2D eigenvalue weighted by molar-refractivity contribution is 0.548. The molecule has 96 valence electrons. The molecule has 0 saturated heterocycles. The average Bonchev–Trinajstić information content (AvgIpc) is 2.27. The minimum atomic E-state index is 0.652. The summed E-state index contributed by atoms with van der Waals surface area (Å²) in [6.07, 6.45) is 1.88. The predicted molar refractivity (Wildman–Crippen MR) is 78.8 cm³/mol. The smallest absolute Gasteiger partial charge is 0.132 e. The van der Waals surface area contributed by atoms with Gasteiger partial charge in [0.1, 0.15) is 5.82 Å². The van der Waals surface area contributed by atoms with Crippen molar-refractivity contribution < 1.29 is 0 Å². The van der Waals surface area contributed by atoms with Gasteiger partial charge in [-0.2, -0.15) is 0 Å². The molecule has 3 heteroatoms. The molecule has 0 fully saturated rings. The molecule has 0 saturated carbocycles. The Hall–Kier alpha value is -0.570. The first kappa shape index (κ1) is 14.5. The molecule has 1 aromatic rings. The van der Waals surface area contributed by atoms with E-state index in [1.54, 1.807) is 0 Å². The first-order valence-corrected chi connectivity index (χ1v) is 7.41. The molecule has 0 aliphatic rings. The number of hydrogen-bond donors (Lipinski definition) is 0. The molecule has 1 aromatic heterocycles. The fraction of sp³-hybridized carbons (Fsp3) is 0.643. The molecule has 17 heavy (non-hydrogen) atoms. The summed E-state index contributed by atoms with van der Waals surface area (Å²) >= 11 is 3.54. The van der Waals surface area contributed by atoms with Gasteiger partial charge in [0, 0.05) is 30.2 Å². The molecule has 0 aliphatic heterocycles. The maximum atomic E-state index is 4.55. The standard InChI is InChI=1S/C14H23BrN2/c1-11(2)9-17(10-12(3)4)14-13(8-15)6-5-7-16-14/h5-7,11-12H,8-10H2,1-4H3. The van der Waals surface area contributed by atoms with Crippen molar-refractivity contribution in [3.05, 3.63) is 23.9 Å². The van der Waals surface area contributed by atoms with Gasteiger partial charge in [-0.15, -0.1) is 0 Å². The number of hydrogen-bond acceptors (Lipinski definition) is 2. The zero-order chi connectivity index (χ0) is 12.8. The van der Waals surface area contributed by atoms with Gasteiger partial charge in [-0.1, -0.05) is 49.7 Å². The Morgan fingerprint density at radius 3 is 2.24 bits per heavy atom. The molecular formula is C14H23BrN2. The van der Waals surface area contributed by atoms with Crippen molar-refractivity contribution in [2.75, 3.05) is 18.0 Å². The van der Waals surface area contributed by atoms with E-state index in [1.165, 1.54) is 5.56 Å². The maximum absolute atomic E-state index is 4.55. The highest BCUT2D eigenvalue weighted by Gasteiger charge is 2.14. The monoisotopic (exact) mass is 298 g/mol. The van der Waals surface area contributed by atoms with E-state index in [1.807, 2.05) is 12.3 Å². The summed E-state index contributed by atoms with van der Waals surface area (Å²) in [6.45, 7) is 11.1. The van der Waals surface area contributed by atoms with E-state index < -0.39 is 0 Å². The van der Waals surface area contributed by atoms with Crippen LogP contribution in [-0.4, -0.2) is 18.1 Å². The van der Waals surface area contributed by atoms with Crippen LogP contribution in [0, 0.1) is 11.8 Å². The highest BCUT2D eigenvalue weighted by molar-refractivity contribution is 9.08. The van der Waals surface area contributed by atoms with E-state index >= 15 is 0 Å². The van der Waals surface area contributed by atoms with Crippen LogP contribution in [0.1, 0.15) is 33.3 Å². The Labute approximate surface area is 114 Å². The summed E-state index contributed by atoms with van der Waals surface area (Å²) in [7, 11) is 0. The van der Waals surface area contributed by atoms with Crippen LogP contribution < -0.4 is 4.90 Å². The van der Waals surface area contributed by atoms with Crippen LogP contribution >= 0.6 is 15.9 Å². The number of anilines is 1. The molecule has 0 bridgehead atoms. The third kappa shape index (κ3) is 4.66. The highest BCUT2D eigenvalue weighted by Crippen LogP contribution is 2.21. The van der Waals surface area contributed by atoms with E-state index in [0.29, 0.717) is 11.8 Å². The summed E-state index contributed by atoms with van der Waals surface area (Å²) in [4.78, 5) is 6.96. The second kappa shape index (κ2) is 7.00. The van der Waals surface area contributed by atoms with Gasteiger partial charge in [0.05, 0.1) is 0 Å². The van der Waals surface area contributed by atoms with Crippen LogP contribution in [0.3, 0.4) is 0 Å². The molecular weight excluding hydrogens is 276 g/mol. The molecule has 0 spiro atoms. The number of halogens is 1. The molecule has 0 N–H and O–H groups in total. The molecule has 1 heterocycles. The van der Waals surface area contributed by atoms with E-state index in [4.69, 9.17) is 0 Å². The number of aromatic nitrogens is 1. The van der Waals surface area contributed by atoms with Crippen molar-refractivity contribution in [2.45, 2.75) is 33.0 Å². The van der Waals surface area contributed by atoms with Crippen LogP contribution in [0.25, 0.3) is 0 Å². The summed E-state index contributed by atoms with van der Waals surface area (Å²) in [6, 6.07) is 4.15. The minimum Gasteiger partial charge on any atom is -0.356 e. The Balaban J connectivity index is 2.94. The average molecular weight is 299 g/mol. The largest absolute Gasteiger partial charge is 0.356 e. The molecule has 0 amide bonds. The van der Waals surface area contributed by atoms with Gasteiger partial charge in [0.2, 0.25) is 0 Å². The summed E-state index contributed by atoms with van der Waals surface area (Å²) in [5, 5.41) is 0.864. The van der Waals surface area contributed by atoms with Crippen LogP contribution in [0.4, 0.5) is 5.82 Å². The Morgan fingerprint density at radius 1 is 1.18 bits per heavy atom. The van der Waals surface area contributed by atoms with Gasteiger partial charge in [0.15, 0.2) is 0 Å². The Bertz CT molecular complexity index is 327. The second-order valence-corrected chi connectivity index (χ2v) is 5.87. The van der Waals surface area contributed by atoms with Crippen molar-refractivity contribution in [2.24, 2.45) is 11.8 Å². The van der Waals surface area contributed by atoms with Crippen LogP contribution in [-0.2, 0) is 5.33 Å². The van der Waals surface area contributed by atoms with Crippen molar-refractivity contribution in [1.29, 1.82) is 0 Å². The Morgan fingerprint density at radius 2 is 1.76 bits per heavy atom. The van der Waals surface area contributed by atoms with E-state index in [9.17, 15) is 0 Å². The molecule has 0 unspecified atom stereocenters. The number of nitrogens with zero attached hydrogens (tertiary/aromatic N) is 2. The zero-order valence-electron chi connectivity index (χ0n) is 11.3. The zero-order valence-corrected chi connectivity index (χ0v) is 12.9. The van der Waals surface area contributed by atoms with E-state index in [0.717, 1.165) is 24.2 Å². The molecule has 0 atom stereocenters. The molecule has 2 nitrogen and oxygen atoms in total. The predicted octanol–water partition coefficient (Wildman–Crippen LogP) is 4.09. The molecule has 1 rings (SSSR count). The van der Waals surface area contributed by atoms with Crippen LogP contribution in [0.15, 0.2) is 18.3 Å². The lowest BCUT2D eigenvalue weighted by Gasteiger charge is -2.28. The third-order valence-corrected chi connectivity index (χ3v) is 3.09. The number of pyridine rings is 1. The maximum Gasteiger partial charge on any atom is 0.132 e. The second-order valence-electron chi connectivity index (χ2n) is 5.31. The van der Waals surface area contributed by atoms with Crippen molar-refractivity contribution in [3.63, 3.8) is 0 Å². The van der Waals surface area contributed by atoms with Crippen molar-refractivity contribution >= 4 is 21.7 Å². The van der Waals surface area contributed by atoms with Gasteiger partial charge in [0.25, 0.3) is 0 Å². The van der Waals surface area contributed by atoms with E-state index in [-0.39, 0.29) is 0 Å². The lowest BCUT2D eigenvalue weighted by atomic mass is 10.1. The lowest BCUT2D eigenvalue weighted by Crippen LogP contribution is -2.32. The Kier molecular flexibility index (Phi) is 5.96. The SMILES string of the molecule is CC(C)CN(CC(C)C)c1ncccc1CBr. The normalized spacial score (nSPS) is 11.2.